The van der Waals surface area contributed by atoms with Crippen molar-refractivity contribution in [3.63, 3.8) is 0 Å². The van der Waals surface area contributed by atoms with Crippen molar-refractivity contribution in [3.05, 3.63) is 29.8 Å². The molecule has 1 aromatic carbocycles. The molecule has 1 N–H and O–H groups in total. The van der Waals surface area contributed by atoms with Gasteiger partial charge in [0.1, 0.15) is 12.3 Å². The van der Waals surface area contributed by atoms with E-state index >= 15 is 0 Å². The Bertz CT molecular complexity index is 713. The number of ether oxygens (including phenoxy) is 1. The molecule has 0 saturated carbocycles. The standard InChI is InChI=1S/C18H26N2O4S2/c1-24-16-4-2-15(3-5-16)12-19-7-9-20(10-8-19)18(21)13-25-17-6-11-26(22,23)14-17/h2-5,17H,6-14H2,1H3/p+1/t17-/m1/s1. The number of rotatable bonds is 6. The molecule has 3 rings (SSSR count). The van der Waals surface area contributed by atoms with E-state index in [1.807, 2.05) is 17.0 Å². The molecule has 6 nitrogen and oxygen atoms in total. The Hall–Kier alpha value is -1.25. The van der Waals surface area contributed by atoms with E-state index < -0.39 is 9.84 Å². The van der Waals surface area contributed by atoms with E-state index in [1.165, 1.54) is 22.2 Å². The lowest BCUT2D eigenvalue weighted by atomic mass is 10.2. The number of benzene rings is 1. The third-order valence-electron chi connectivity index (χ3n) is 5.07. The van der Waals surface area contributed by atoms with Crippen LogP contribution in [-0.4, -0.2) is 75.0 Å². The average molecular weight is 400 g/mol. The number of hydrogen-bond donors (Lipinski definition) is 1. The van der Waals surface area contributed by atoms with Crippen molar-refractivity contribution in [1.82, 2.24) is 4.90 Å². The maximum absolute atomic E-state index is 12.4. The molecule has 2 saturated heterocycles. The monoisotopic (exact) mass is 399 g/mol. The van der Waals surface area contributed by atoms with Crippen LogP contribution >= 0.6 is 11.8 Å². The van der Waals surface area contributed by atoms with Gasteiger partial charge >= 0.3 is 0 Å². The minimum absolute atomic E-state index is 0.0888. The molecular weight excluding hydrogens is 372 g/mol. The molecule has 26 heavy (non-hydrogen) atoms. The Labute approximate surface area is 159 Å². The summed E-state index contributed by atoms with van der Waals surface area (Å²) in [4.78, 5) is 15.8. The maximum Gasteiger partial charge on any atom is 0.232 e. The van der Waals surface area contributed by atoms with Crippen LogP contribution in [0.3, 0.4) is 0 Å². The lowest BCUT2D eigenvalue weighted by molar-refractivity contribution is -0.917. The zero-order chi connectivity index (χ0) is 18.6. The summed E-state index contributed by atoms with van der Waals surface area (Å²) in [5, 5.41) is 0.0888. The molecule has 0 bridgehead atoms. The van der Waals surface area contributed by atoms with Crippen LogP contribution in [0.5, 0.6) is 5.75 Å². The zero-order valence-corrected chi connectivity index (χ0v) is 16.8. The van der Waals surface area contributed by atoms with Gasteiger partial charge in [-0.25, -0.2) is 8.42 Å². The average Bonchev–Trinajstić information content (AvgIpc) is 3.00. The van der Waals surface area contributed by atoms with Crippen LogP contribution in [0.1, 0.15) is 12.0 Å². The predicted octanol–water partition coefficient (Wildman–Crippen LogP) is -0.157. The number of quaternary nitrogens is 1. The molecular formula is C18H27N2O4S2+. The van der Waals surface area contributed by atoms with Crippen molar-refractivity contribution >= 4 is 27.5 Å². The number of methoxy groups -OCH3 is 1. The van der Waals surface area contributed by atoms with Crippen LogP contribution in [0.25, 0.3) is 0 Å². The van der Waals surface area contributed by atoms with Gasteiger partial charge in [-0.3, -0.25) is 4.79 Å². The van der Waals surface area contributed by atoms with Crippen LogP contribution in [0.15, 0.2) is 24.3 Å². The third-order valence-corrected chi connectivity index (χ3v) is 8.34. The second-order valence-corrected chi connectivity index (χ2v) is 10.5. The van der Waals surface area contributed by atoms with Crippen molar-refractivity contribution in [3.8, 4) is 5.75 Å². The number of carbonyl (C=O) groups excluding carboxylic acids is 1. The largest absolute Gasteiger partial charge is 0.497 e. The zero-order valence-electron chi connectivity index (χ0n) is 15.1. The van der Waals surface area contributed by atoms with Crippen LogP contribution in [0.4, 0.5) is 0 Å². The highest BCUT2D eigenvalue weighted by molar-refractivity contribution is 8.02. The smallest absolute Gasteiger partial charge is 0.232 e. The van der Waals surface area contributed by atoms with Crippen molar-refractivity contribution < 1.29 is 22.8 Å². The van der Waals surface area contributed by atoms with E-state index in [9.17, 15) is 13.2 Å². The molecule has 0 spiro atoms. The normalized spacial score (nSPS) is 23.1. The van der Waals surface area contributed by atoms with Gasteiger partial charge in [-0.05, 0) is 30.7 Å². The Kier molecular flexibility index (Phi) is 6.47. The number of nitrogens with zero attached hydrogens (tertiary/aromatic N) is 1. The number of piperazine rings is 1. The van der Waals surface area contributed by atoms with Crippen LogP contribution in [-0.2, 0) is 21.2 Å². The van der Waals surface area contributed by atoms with Gasteiger partial charge in [0.2, 0.25) is 5.91 Å². The van der Waals surface area contributed by atoms with Crippen molar-refractivity contribution in [1.29, 1.82) is 0 Å². The van der Waals surface area contributed by atoms with Gasteiger partial charge in [0.15, 0.2) is 9.84 Å². The number of amides is 1. The minimum Gasteiger partial charge on any atom is -0.497 e. The van der Waals surface area contributed by atoms with E-state index in [2.05, 4.69) is 12.1 Å². The van der Waals surface area contributed by atoms with Gasteiger partial charge in [-0.2, -0.15) is 0 Å². The van der Waals surface area contributed by atoms with E-state index in [0.29, 0.717) is 12.2 Å². The summed E-state index contributed by atoms with van der Waals surface area (Å²) < 4.78 is 28.2. The molecule has 2 aliphatic rings. The van der Waals surface area contributed by atoms with Gasteiger partial charge in [-0.1, -0.05) is 0 Å². The molecule has 144 valence electrons. The van der Waals surface area contributed by atoms with E-state index in [-0.39, 0.29) is 22.7 Å². The summed E-state index contributed by atoms with van der Waals surface area (Å²) in [6.07, 6.45) is 0.681. The molecule has 0 radical (unpaired) electrons. The Morgan fingerprint density at radius 1 is 1.27 bits per heavy atom. The fraction of sp³-hybridized carbons (Fsp3) is 0.611. The number of hydrogen-bond acceptors (Lipinski definition) is 5. The number of carbonyl (C=O) groups is 1. The summed E-state index contributed by atoms with van der Waals surface area (Å²) in [5.41, 5.74) is 1.28. The first-order valence-electron chi connectivity index (χ1n) is 9.01. The molecule has 8 heteroatoms. The van der Waals surface area contributed by atoms with Crippen LogP contribution in [0, 0.1) is 0 Å². The summed E-state index contributed by atoms with van der Waals surface area (Å²) in [6.45, 7) is 4.39. The van der Waals surface area contributed by atoms with Gasteiger partial charge in [0.05, 0.1) is 50.5 Å². The first-order valence-corrected chi connectivity index (χ1v) is 11.9. The molecule has 1 amide bonds. The molecule has 1 aromatic rings. The second kappa shape index (κ2) is 8.63. The molecule has 0 aromatic heterocycles. The first kappa shape index (κ1) is 19.5. The quantitative estimate of drug-likeness (QED) is 0.720. The fourth-order valence-electron chi connectivity index (χ4n) is 3.45. The highest BCUT2D eigenvalue weighted by Gasteiger charge is 2.30. The summed E-state index contributed by atoms with van der Waals surface area (Å²) in [5.74, 6) is 1.90. The van der Waals surface area contributed by atoms with Gasteiger partial charge < -0.3 is 14.5 Å². The SMILES string of the molecule is COc1ccc(C[NH+]2CCN(C(=O)CS[C@@H]3CCS(=O)(=O)C3)CC2)cc1. The number of sulfone groups is 1. The summed E-state index contributed by atoms with van der Waals surface area (Å²) in [7, 11) is -1.20. The minimum atomic E-state index is -2.87. The van der Waals surface area contributed by atoms with E-state index in [4.69, 9.17) is 4.74 Å². The van der Waals surface area contributed by atoms with E-state index in [1.54, 1.807) is 7.11 Å². The fourth-order valence-corrected chi connectivity index (χ4v) is 7.00. The summed E-state index contributed by atoms with van der Waals surface area (Å²) in [6, 6.07) is 8.15. The highest BCUT2D eigenvalue weighted by Crippen LogP contribution is 2.24. The van der Waals surface area contributed by atoms with Gasteiger partial charge in [0, 0.05) is 10.8 Å². The summed E-state index contributed by atoms with van der Waals surface area (Å²) >= 11 is 1.51. The molecule has 2 heterocycles. The molecule has 1 atom stereocenters. The molecule has 0 aliphatic carbocycles. The van der Waals surface area contributed by atoms with Gasteiger partial charge in [-0.15, -0.1) is 11.8 Å². The number of nitrogens with one attached hydrogen (secondary N) is 1. The van der Waals surface area contributed by atoms with Crippen molar-refractivity contribution in [2.24, 2.45) is 0 Å². The molecule has 2 fully saturated rings. The lowest BCUT2D eigenvalue weighted by Crippen LogP contribution is -3.13. The topological polar surface area (TPSA) is 68.1 Å². The number of thioether (sulfide) groups is 1. The maximum atomic E-state index is 12.4. The highest BCUT2D eigenvalue weighted by atomic mass is 32.2. The molecule has 0 unspecified atom stereocenters. The first-order chi connectivity index (χ1) is 12.4. The predicted molar refractivity (Wildman–Crippen MR) is 103 cm³/mol. The molecule has 2 aliphatic heterocycles. The van der Waals surface area contributed by atoms with Crippen LogP contribution in [0.2, 0.25) is 0 Å². The lowest BCUT2D eigenvalue weighted by Gasteiger charge is -2.32. The Morgan fingerprint density at radius 2 is 1.96 bits per heavy atom. The second-order valence-electron chi connectivity index (χ2n) is 6.99. The third kappa shape index (κ3) is 5.37. The van der Waals surface area contributed by atoms with Crippen molar-refractivity contribution in [2.45, 2.75) is 18.2 Å². The van der Waals surface area contributed by atoms with E-state index in [0.717, 1.165) is 38.5 Å². The van der Waals surface area contributed by atoms with Gasteiger partial charge in [0.25, 0.3) is 0 Å². The Balaban J connectivity index is 1.39. The van der Waals surface area contributed by atoms with Crippen molar-refractivity contribution in [2.75, 3.05) is 50.5 Å². The van der Waals surface area contributed by atoms with Crippen LogP contribution < -0.4 is 9.64 Å². The Morgan fingerprint density at radius 3 is 2.54 bits per heavy atom.